The van der Waals surface area contributed by atoms with Gasteiger partial charge in [0.05, 0.1) is 11.3 Å². The Morgan fingerprint density at radius 3 is 2.41 bits per heavy atom. The average molecular weight is 516 g/mol. The lowest BCUT2D eigenvalue weighted by Gasteiger charge is -2.11. The first kappa shape index (κ1) is 26.7. The fourth-order valence-electron chi connectivity index (χ4n) is 3.29. The van der Waals surface area contributed by atoms with Crippen LogP contribution in [0.5, 0.6) is 0 Å². The van der Waals surface area contributed by atoms with E-state index in [-0.39, 0.29) is 5.91 Å². The fraction of sp³-hybridized carbons (Fsp3) is 0.125. The fourth-order valence-corrected chi connectivity index (χ4v) is 3.29. The number of aliphatic carboxylic acids is 2. The molecule has 0 bridgehead atoms. The van der Waals surface area contributed by atoms with Crippen molar-refractivity contribution in [3.05, 3.63) is 72.1 Å². The van der Waals surface area contributed by atoms with Gasteiger partial charge in [0.2, 0.25) is 5.91 Å². The summed E-state index contributed by atoms with van der Waals surface area (Å²) in [7, 11) is 0. The van der Waals surface area contributed by atoms with Crippen molar-refractivity contribution in [2.45, 2.75) is 12.6 Å². The van der Waals surface area contributed by atoms with Gasteiger partial charge in [0.25, 0.3) is 5.91 Å². The summed E-state index contributed by atoms with van der Waals surface area (Å²) in [5.74, 6) is -4.56. The lowest BCUT2D eigenvalue weighted by Crippen LogP contribution is -2.31. The summed E-state index contributed by atoms with van der Waals surface area (Å²) in [6.45, 7) is 0.619. The van der Waals surface area contributed by atoms with Gasteiger partial charge in [-0.25, -0.2) is 9.59 Å². The number of hydrogen-bond donors (Lipinski definition) is 5. The lowest BCUT2D eigenvalue weighted by atomic mass is 10.1. The largest absolute Gasteiger partial charge is 0.490 e. The Hall–Kier alpha value is -4.94. The molecular weight excluding hydrogens is 497 g/mol. The number of H-pyrrole nitrogens is 1. The molecule has 2 aromatic heterocycles. The predicted octanol–water partition coefficient (Wildman–Crippen LogP) is 3.24. The SMILES string of the molecule is O=C(O)C(F)(F)F.O=C(O)C=CC(=O)Nc1cccc(-c2cc(-c3cc4c([nH]3)CCNC4=O)ccn2)c1. The van der Waals surface area contributed by atoms with E-state index >= 15 is 0 Å². The van der Waals surface area contributed by atoms with E-state index in [1.165, 1.54) is 0 Å². The number of halogens is 3. The number of rotatable bonds is 5. The Morgan fingerprint density at radius 1 is 1.03 bits per heavy atom. The third-order valence-corrected chi connectivity index (χ3v) is 4.92. The number of alkyl halides is 3. The number of carbonyl (C=O) groups is 4. The number of fused-ring (bicyclic) bond motifs is 1. The molecule has 0 radical (unpaired) electrons. The Kier molecular flexibility index (Phi) is 8.07. The van der Waals surface area contributed by atoms with Crippen LogP contribution in [-0.4, -0.2) is 56.7 Å². The van der Waals surface area contributed by atoms with E-state index in [1.54, 1.807) is 24.4 Å². The van der Waals surface area contributed by atoms with Gasteiger partial charge in [0.1, 0.15) is 0 Å². The molecule has 192 valence electrons. The van der Waals surface area contributed by atoms with Crippen LogP contribution in [0.25, 0.3) is 22.5 Å². The number of carboxylic acids is 2. The second-order valence-corrected chi connectivity index (χ2v) is 7.56. The summed E-state index contributed by atoms with van der Waals surface area (Å²) in [5, 5.41) is 21.2. The minimum absolute atomic E-state index is 0.0755. The van der Waals surface area contributed by atoms with Gasteiger partial charge < -0.3 is 25.8 Å². The molecule has 0 unspecified atom stereocenters. The van der Waals surface area contributed by atoms with E-state index in [0.717, 1.165) is 41.1 Å². The molecule has 13 heteroatoms. The Balaban J connectivity index is 0.000000479. The number of benzene rings is 1. The monoisotopic (exact) mass is 516 g/mol. The van der Waals surface area contributed by atoms with E-state index < -0.39 is 24.0 Å². The first-order chi connectivity index (χ1) is 17.4. The molecule has 1 aliphatic heterocycles. The van der Waals surface area contributed by atoms with Crippen molar-refractivity contribution in [3.8, 4) is 22.5 Å². The summed E-state index contributed by atoms with van der Waals surface area (Å²) in [5.41, 5.74) is 5.31. The molecule has 3 heterocycles. The molecule has 5 N–H and O–H groups in total. The van der Waals surface area contributed by atoms with Crippen molar-refractivity contribution < 1.29 is 42.6 Å². The number of aromatic amines is 1. The molecule has 3 aromatic rings. The zero-order chi connectivity index (χ0) is 27.2. The van der Waals surface area contributed by atoms with Gasteiger partial charge in [-0.2, -0.15) is 13.2 Å². The first-order valence-electron chi connectivity index (χ1n) is 10.5. The number of anilines is 1. The molecule has 10 nitrogen and oxygen atoms in total. The number of carboxylic acid groups (broad SMARTS) is 2. The zero-order valence-electron chi connectivity index (χ0n) is 18.8. The van der Waals surface area contributed by atoms with Crippen molar-refractivity contribution in [2.75, 3.05) is 11.9 Å². The smallest absolute Gasteiger partial charge is 0.478 e. The van der Waals surface area contributed by atoms with E-state index in [2.05, 4.69) is 20.6 Å². The van der Waals surface area contributed by atoms with E-state index in [9.17, 15) is 27.6 Å². The van der Waals surface area contributed by atoms with Gasteiger partial charge in [0, 0.05) is 59.5 Å². The van der Waals surface area contributed by atoms with Crippen LogP contribution in [0.4, 0.5) is 18.9 Å². The topological polar surface area (TPSA) is 161 Å². The Labute approximate surface area is 206 Å². The van der Waals surface area contributed by atoms with Gasteiger partial charge in [-0.1, -0.05) is 12.1 Å². The highest BCUT2D eigenvalue weighted by atomic mass is 19.4. The summed E-state index contributed by atoms with van der Waals surface area (Å²) in [6.07, 6.45) is -0.903. The second-order valence-electron chi connectivity index (χ2n) is 7.56. The number of nitrogens with one attached hydrogen (secondary N) is 3. The molecule has 1 aliphatic rings. The van der Waals surface area contributed by atoms with Crippen LogP contribution in [0.3, 0.4) is 0 Å². The highest BCUT2D eigenvalue weighted by Crippen LogP contribution is 2.28. The van der Waals surface area contributed by atoms with Crippen LogP contribution in [0, 0.1) is 0 Å². The maximum atomic E-state index is 12.0. The van der Waals surface area contributed by atoms with Crippen LogP contribution < -0.4 is 10.6 Å². The normalized spacial score (nSPS) is 12.7. The van der Waals surface area contributed by atoms with Crippen LogP contribution in [0.2, 0.25) is 0 Å². The molecule has 0 spiro atoms. The second kappa shape index (κ2) is 11.2. The Bertz CT molecular complexity index is 1380. The number of nitrogens with zero attached hydrogens (tertiary/aromatic N) is 1. The van der Waals surface area contributed by atoms with Gasteiger partial charge >= 0.3 is 18.1 Å². The summed E-state index contributed by atoms with van der Waals surface area (Å²) >= 11 is 0. The third-order valence-electron chi connectivity index (χ3n) is 4.92. The standard InChI is InChI=1S/C22H18N4O4.C2HF3O2/c27-20(4-5-21(28)29)25-15-3-1-2-13(10-15)18-11-14(6-8-23-18)19-12-16-17(26-19)7-9-24-22(16)30;3-2(4,5)1(6)7/h1-6,8,10-12,26H,7,9H2,(H,24,30)(H,25,27)(H,28,29);(H,6,7). The van der Waals surface area contributed by atoms with Crippen molar-refractivity contribution in [1.29, 1.82) is 0 Å². The van der Waals surface area contributed by atoms with Crippen LogP contribution in [0.15, 0.2) is 60.8 Å². The molecule has 0 saturated carbocycles. The van der Waals surface area contributed by atoms with Crippen LogP contribution >= 0.6 is 0 Å². The highest BCUT2D eigenvalue weighted by molar-refractivity contribution is 6.02. The minimum atomic E-state index is -5.08. The summed E-state index contributed by atoms with van der Waals surface area (Å²) in [6, 6.07) is 12.7. The van der Waals surface area contributed by atoms with Gasteiger partial charge in [-0.05, 0) is 30.3 Å². The molecule has 0 saturated heterocycles. The van der Waals surface area contributed by atoms with Gasteiger partial charge in [-0.3, -0.25) is 14.6 Å². The minimum Gasteiger partial charge on any atom is -0.478 e. The number of carbonyl (C=O) groups excluding carboxylic acids is 2. The van der Waals surface area contributed by atoms with Crippen molar-refractivity contribution in [3.63, 3.8) is 0 Å². The zero-order valence-corrected chi connectivity index (χ0v) is 18.8. The summed E-state index contributed by atoms with van der Waals surface area (Å²) < 4.78 is 31.7. The van der Waals surface area contributed by atoms with E-state index in [4.69, 9.17) is 15.0 Å². The molecule has 0 aliphatic carbocycles. The Morgan fingerprint density at radius 2 is 1.76 bits per heavy atom. The van der Waals surface area contributed by atoms with Crippen molar-refractivity contribution in [2.24, 2.45) is 0 Å². The predicted molar refractivity (Wildman–Crippen MR) is 125 cm³/mol. The van der Waals surface area contributed by atoms with Crippen LogP contribution in [-0.2, 0) is 20.8 Å². The maximum Gasteiger partial charge on any atom is 0.490 e. The molecule has 2 amide bonds. The average Bonchev–Trinajstić information content (AvgIpc) is 3.29. The van der Waals surface area contributed by atoms with Crippen LogP contribution in [0.1, 0.15) is 16.1 Å². The quantitative estimate of drug-likeness (QED) is 0.325. The van der Waals surface area contributed by atoms with Gasteiger partial charge in [-0.15, -0.1) is 0 Å². The molecule has 0 fully saturated rings. The van der Waals surface area contributed by atoms with Gasteiger partial charge in [0.15, 0.2) is 0 Å². The summed E-state index contributed by atoms with van der Waals surface area (Å²) in [4.78, 5) is 51.0. The maximum absolute atomic E-state index is 12.0. The number of aromatic nitrogens is 2. The van der Waals surface area contributed by atoms with Crippen molar-refractivity contribution in [1.82, 2.24) is 15.3 Å². The van der Waals surface area contributed by atoms with E-state index in [1.807, 2.05) is 24.3 Å². The highest BCUT2D eigenvalue weighted by Gasteiger charge is 2.38. The van der Waals surface area contributed by atoms with Crippen molar-refractivity contribution >= 4 is 29.4 Å². The van der Waals surface area contributed by atoms with E-state index in [0.29, 0.717) is 23.5 Å². The lowest BCUT2D eigenvalue weighted by molar-refractivity contribution is -0.192. The number of hydrogen-bond acceptors (Lipinski definition) is 5. The third kappa shape index (κ3) is 7.27. The molecular formula is C24H19F3N4O6. The molecule has 4 rings (SSSR count). The molecule has 0 atom stereocenters. The molecule has 37 heavy (non-hydrogen) atoms. The first-order valence-corrected chi connectivity index (χ1v) is 10.5. The number of amides is 2. The molecule has 1 aromatic carbocycles. The number of pyridine rings is 1.